The standard InChI is InChI=1S/C15H12ClN3O2/c1-21-15(20)17-14-11-7-10(9-5-3-2-4-6-9)12(16)8-13(11)18-19-14/h2-8H,1H3,(H2,17,18,19,20). The number of ether oxygens (including phenoxy) is 1. The van der Waals surface area contributed by atoms with E-state index in [4.69, 9.17) is 11.6 Å². The van der Waals surface area contributed by atoms with Crippen molar-refractivity contribution in [2.75, 3.05) is 12.4 Å². The molecule has 0 unspecified atom stereocenters. The minimum Gasteiger partial charge on any atom is -0.453 e. The Bertz CT molecular complexity index is 799. The third kappa shape index (κ3) is 2.55. The van der Waals surface area contributed by atoms with Crippen molar-refractivity contribution in [1.82, 2.24) is 10.2 Å². The topological polar surface area (TPSA) is 67.0 Å². The molecule has 0 saturated carbocycles. The van der Waals surface area contributed by atoms with Crippen molar-refractivity contribution in [3.8, 4) is 11.1 Å². The van der Waals surface area contributed by atoms with Gasteiger partial charge in [0.25, 0.3) is 0 Å². The Hall–Kier alpha value is -2.53. The molecule has 0 bridgehead atoms. The summed E-state index contributed by atoms with van der Waals surface area (Å²) < 4.78 is 4.58. The summed E-state index contributed by atoms with van der Waals surface area (Å²) in [6.45, 7) is 0. The molecule has 2 N–H and O–H groups in total. The quantitative estimate of drug-likeness (QED) is 0.750. The first-order valence-electron chi connectivity index (χ1n) is 6.27. The minimum absolute atomic E-state index is 0.408. The van der Waals surface area contributed by atoms with E-state index in [2.05, 4.69) is 20.3 Å². The lowest BCUT2D eigenvalue weighted by molar-refractivity contribution is 0.187. The predicted octanol–water partition coefficient (Wildman–Crippen LogP) is 4.06. The molecule has 1 heterocycles. The van der Waals surface area contributed by atoms with Crippen molar-refractivity contribution in [2.45, 2.75) is 0 Å². The maximum Gasteiger partial charge on any atom is 0.412 e. The number of carbonyl (C=O) groups is 1. The molecule has 3 rings (SSSR count). The molecule has 0 aliphatic rings. The monoisotopic (exact) mass is 301 g/mol. The van der Waals surface area contributed by atoms with Crippen LogP contribution in [0, 0.1) is 0 Å². The molecule has 0 atom stereocenters. The van der Waals surface area contributed by atoms with E-state index >= 15 is 0 Å². The van der Waals surface area contributed by atoms with Crippen molar-refractivity contribution in [1.29, 1.82) is 0 Å². The van der Waals surface area contributed by atoms with Gasteiger partial charge in [-0.15, -0.1) is 0 Å². The summed E-state index contributed by atoms with van der Waals surface area (Å²) in [7, 11) is 1.30. The van der Waals surface area contributed by atoms with Crippen LogP contribution in [0.3, 0.4) is 0 Å². The van der Waals surface area contributed by atoms with Crippen LogP contribution in [-0.2, 0) is 4.74 Å². The lowest BCUT2D eigenvalue weighted by Gasteiger charge is -2.06. The van der Waals surface area contributed by atoms with E-state index < -0.39 is 6.09 Å². The van der Waals surface area contributed by atoms with Crippen molar-refractivity contribution >= 4 is 34.4 Å². The van der Waals surface area contributed by atoms with Gasteiger partial charge in [0.1, 0.15) is 0 Å². The summed E-state index contributed by atoms with van der Waals surface area (Å²) in [5, 5.41) is 10.8. The number of aromatic amines is 1. The third-order valence-corrected chi connectivity index (χ3v) is 3.45. The highest BCUT2D eigenvalue weighted by Crippen LogP contribution is 2.33. The largest absolute Gasteiger partial charge is 0.453 e. The van der Waals surface area contributed by atoms with Gasteiger partial charge in [-0.2, -0.15) is 5.10 Å². The highest BCUT2D eigenvalue weighted by molar-refractivity contribution is 6.34. The number of benzene rings is 2. The molecule has 2 aromatic carbocycles. The average Bonchev–Trinajstić information content (AvgIpc) is 2.89. The average molecular weight is 302 g/mol. The molecule has 0 fully saturated rings. The van der Waals surface area contributed by atoms with Gasteiger partial charge in [0.2, 0.25) is 0 Å². The third-order valence-electron chi connectivity index (χ3n) is 3.14. The normalized spacial score (nSPS) is 10.6. The van der Waals surface area contributed by atoms with Crippen LogP contribution in [-0.4, -0.2) is 23.4 Å². The Kier molecular flexibility index (Phi) is 3.50. The van der Waals surface area contributed by atoms with Crippen LogP contribution < -0.4 is 5.32 Å². The van der Waals surface area contributed by atoms with Crippen molar-refractivity contribution in [3.63, 3.8) is 0 Å². The van der Waals surface area contributed by atoms with Gasteiger partial charge >= 0.3 is 6.09 Å². The number of aromatic nitrogens is 2. The predicted molar refractivity (Wildman–Crippen MR) is 82.6 cm³/mol. The summed E-state index contributed by atoms with van der Waals surface area (Å²) in [6, 6.07) is 13.5. The number of H-pyrrole nitrogens is 1. The number of nitrogens with one attached hydrogen (secondary N) is 2. The minimum atomic E-state index is -0.570. The maximum absolute atomic E-state index is 11.3. The van der Waals surface area contributed by atoms with Gasteiger partial charge in [-0.3, -0.25) is 10.4 Å². The zero-order chi connectivity index (χ0) is 14.8. The first-order chi connectivity index (χ1) is 10.2. The Labute approximate surface area is 125 Å². The number of nitrogens with zero attached hydrogens (tertiary/aromatic N) is 1. The number of halogens is 1. The first-order valence-corrected chi connectivity index (χ1v) is 6.65. The molecular weight excluding hydrogens is 290 g/mol. The summed E-state index contributed by atoms with van der Waals surface area (Å²) in [4.78, 5) is 11.3. The van der Waals surface area contributed by atoms with E-state index in [1.807, 2.05) is 36.4 Å². The zero-order valence-corrected chi connectivity index (χ0v) is 11.9. The van der Waals surface area contributed by atoms with Crippen LogP contribution in [0.4, 0.5) is 10.6 Å². The Morgan fingerprint density at radius 3 is 2.76 bits per heavy atom. The van der Waals surface area contributed by atoms with E-state index in [-0.39, 0.29) is 0 Å². The lowest BCUT2D eigenvalue weighted by Crippen LogP contribution is -2.11. The molecule has 0 aliphatic carbocycles. The van der Waals surface area contributed by atoms with Gasteiger partial charge in [0.05, 0.1) is 17.6 Å². The molecule has 3 aromatic rings. The summed E-state index contributed by atoms with van der Waals surface area (Å²) >= 11 is 6.32. The molecule has 5 nitrogen and oxygen atoms in total. The van der Waals surface area contributed by atoms with Crippen LogP contribution in [0.2, 0.25) is 5.02 Å². The highest BCUT2D eigenvalue weighted by atomic mass is 35.5. The molecule has 21 heavy (non-hydrogen) atoms. The van der Waals surface area contributed by atoms with Crippen LogP contribution >= 0.6 is 11.6 Å². The number of amides is 1. The number of anilines is 1. The number of hydrogen-bond donors (Lipinski definition) is 2. The van der Waals surface area contributed by atoms with Gasteiger partial charge in [0.15, 0.2) is 5.82 Å². The Morgan fingerprint density at radius 1 is 1.29 bits per heavy atom. The van der Waals surface area contributed by atoms with E-state index in [9.17, 15) is 4.79 Å². The molecule has 0 spiro atoms. The van der Waals surface area contributed by atoms with Crippen LogP contribution in [0.25, 0.3) is 22.0 Å². The molecule has 0 radical (unpaired) electrons. The van der Waals surface area contributed by atoms with Gasteiger partial charge < -0.3 is 4.74 Å². The number of rotatable bonds is 2. The fraction of sp³-hybridized carbons (Fsp3) is 0.0667. The molecule has 1 aromatic heterocycles. The molecular formula is C15H12ClN3O2. The van der Waals surface area contributed by atoms with Crippen LogP contribution in [0.1, 0.15) is 0 Å². The smallest absolute Gasteiger partial charge is 0.412 e. The number of hydrogen-bond acceptors (Lipinski definition) is 3. The Morgan fingerprint density at radius 2 is 2.05 bits per heavy atom. The molecule has 1 amide bonds. The SMILES string of the molecule is COC(=O)Nc1n[nH]c2cc(Cl)c(-c3ccccc3)cc12. The first kappa shape index (κ1) is 13.5. The van der Waals surface area contributed by atoms with Crippen molar-refractivity contribution < 1.29 is 9.53 Å². The number of methoxy groups -OCH3 is 1. The van der Waals surface area contributed by atoms with E-state index in [1.54, 1.807) is 6.07 Å². The van der Waals surface area contributed by atoms with Gasteiger partial charge in [-0.1, -0.05) is 41.9 Å². The lowest BCUT2D eigenvalue weighted by atomic mass is 10.0. The van der Waals surface area contributed by atoms with Crippen LogP contribution in [0.15, 0.2) is 42.5 Å². The summed E-state index contributed by atoms with van der Waals surface area (Å²) in [6.07, 6.45) is -0.570. The van der Waals surface area contributed by atoms with E-state index in [1.165, 1.54) is 7.11 Å². The fourth-order valence-corrected chi connectivity index (χ4v) is 2.39. The fourth-order valence-electron chi connectivity index (χ4n) is 2.12. The second-order valence-electron chi connectivity index (χ2n) is 4.43. The summed E-state index contributed by atoms with van der Waals surface area (Å²) in [5.41, 5.74) is 2.61. The van der Waals surface area contributed by atoms with Crippen LogP contribution in [0.5, 0.6) is 0 Å². The number of fused-ring (bicyclic) bond motifs is 1. The number of carbonyl (C=O) groups excluding carboxylic acids is 1. The second kappa shape index (κ2) is 5.46. The van der Waals surface area contributed by atoms with Gasteiger partial charge in [-0.05, 0) is 17.7 Å². The van der Waals surface area contributed by atoms with Gasteiger partial charge in [0, 0.05) is 10.9 Å². The summed E-state index contributed by atoms with van der Waals surface area (Å²) in [5.74, 6) is 0.408. The zero-order valence-electron chi connectivity index (χ0n) is 11.2. The molecule has 0 aliphatic heterocycles. The molecule has 6 heteroatoms. The molecule has 0 saturated heterocycles. The van der Waals surface area contributed by atoms with E-state index in [0.717, 1.165) is 22.0 Å². The highest BCUT2D eigenvalue weighted by Gasteiger charge is 2.13. The van der Waals surface area contributed by atoms with Crippen molar-refractivity contribution in [3.05, 3.63) is 47.5 Å². The maximum atomic E-state index is 11.3. The van der Waals surface area contributed by atoms with Gasteiger partial charge in [-0.25, -0.2) is 4.79 Å². The second-order valence-corrected chi connectivity index (χ2v) is 4.84. The van der Waals surface area contributed by atoms with Crippen molar-refractivity contribution in [2.24, 2.45) is 0 Å². The molecule has 106 valence electrons. The Balaban J connectivity index is 2.12. The van der Waals surface area contributed by atoms with E-state index in [0.29, 0.717) is 10.8 Å².